The molecular weight excluding hydrogens is 375 g/mol. The van der Waals surface area contributed by atoms with E-state index in [0.717, 1.165) is 18.4 Å². The van der Waals surface area contributed by atoms with Gasteiger partial charge < -0.3 is 15.2 Å². The van der Waals surface area contributed by atoms with Crippen LogP contribution < -0.4 is 10.2 Å². The van der Waals surface area contributed by atoms with Crippen LogP contribution in [-0.4, -0.2) is 39.9 Å². The number of amides is 1. The van der Waals surface area contributed by atoms with Crippen LogP contribution in [0.15, 0.2) is 30.5 Å². The van der Waals surface area contributed by atoms with E-state index in [2.05, 4.69) is 22.2 Å². The van der Waals surface area contributed by atoms with Gasteiger partial charge in [0, 0.05) is 11.8 Å². The van der Waals surface area contributed by atoms with E-state index >= 15 is 0 Å². The van der Waals surface area contributed by atoms with Gasteiger partial charge in [0.15, 0.2) is 0 Å². The summed E-state index contributed by atoms with van der Waals surface area (Å²) in [6.07, 6.45) is 2.35. The Hall–Kier alpha value is -2.74. The van der Waals surface area contributed by atoms with Crippen molar-refractivity contribution in [3.8, 4) is 0 Å². The number of cyclic esters (lactones) is 1. The molecule has 0 unspecified atom stereocenters. The third kappa shape index (κ3) is 3.76. The van der Waals surface area contributed by atoms with Crippen LogP contribution in [0.5, 0.6) is 0 Å². The average Bonchev–Trinajstić information content (AvgIpc) is 3.31. The van der Waals surface area contributed by atoms with Gasteiger partial charge in [-0.15, -0.1) is 0 Å². The van der Waals surface area contributed by atoms with Gasteiger partial charge in [-0.1, -0.05) is 19.1 Å². The maximum absolute atomic E-state index is 14.7. The van der Waals surface area contributed by atoms with Crippen molar-refractivity contribution in [2.24, 2.45) is 0 Å². The molecule has 1 aliphatic heterocycles. The Morgan fingerprint density at radius 2 is 2.10 bits per heavy atom. The molecule has 0 bridgehead atoms. The van der Waals surface area contributed by atoms with Gasteiger partial charge in [0.25, 0.3) is 0 Å². The zero-order valence-corrected chi connectivity index (χ0v) is 16.7. The number of hydrogen-bond donors (Lipinski definition) is 2. The zero-order valence-electron chi connectivity index (χ0n) is 16.7. The number of hydrogen-bond acceptors (Lipinski definition) is 6. The number of ether oxygens (including phenoxy) is 1. The fourth-order valence-corrected chi connectivity index (χ4v) is 3.61. The van der Waals surface area contributed by atoms with E-state index < -0.39 is 18.2 Å². The molecule has 1 aromatic carbocycles. The summed E-state index contributed by atoms with van der Waals surface area (Å²) in [6.45, 7) is 5.66. The molecule has 1 saturated carbocycles. The lowest BCUT2D eigenvalue weighted by Gasteiger charge is -2.23. The van der Waals surface area contributed by atoms with Crippen molar-refractivity contribution in [2.45, 2.75) is 57.2 Å². The van der Waals surface area contributed by atoms with E-state index in [-0.39, 0.29) is 29.8 Å². The Bertz CT molecular complexity index is 932. The smallest absolute Gasteiger partial charge is 0.416 e. The number of benzene rings is 1. The molecule has 1 amide bonds. The molecule has 29 heavy (non-hydrogen) atoms. The molecule has 7 nitrogen and oxygen atoms in total. The van der Waals surface area contributed by atoms with Crippen LogP contribution in [0.25, 0.3) is 0 Å². The Labute approximate surface area is 168 Å². The van der Waals surface area contributed by atoms with Crippen molar-refractivity contribution in [1.29, 1.82) is 0 Å². The van der Waals surface area contributed by atoms with Crippen molar-refractivity contribution in [2.75, 3.05) is 16.8 Å². The van der Waals surface area contributed by atoms with Gasteiger partial charge in [-0.05, 0) is 49.8 Å². The van der Waals surface area contributed by atoms with Crippen LogP contribution in [-0.2, 0) is 10.2 Å². The Morgan fingerprint density at radius 1 is 1.34 bits per heavy atom. The summed E-state index contributed by atoms with van der Waals surface area (Å²) < 4.78 is 19.7. The number of aromatic nitrogens is 2. The summed E-state index contributed by atoms with van der Waals surface area (Å²) in [6, 6.07) is 6.08. The SMILES string of the molecule is C[C@H](Nc1nccc(N2C(=O)OC[C@@H]2[C@@H](C)O)n1)c1ccc(C2(C)CC2)cc1F. The number of anilines is 2. The number of carbonyl (C=O) groups excluding carboxylic acids is 1. The molecule has 2 fully saturated rings. The molecule has 0 radical (unpaired) electrons. The first-order valence-corrected chi connectivity index (χ1v) is 9.82. The number of nitrogens with one attached hydrogen (secondary N) is 1. The van der Waals surface area contributed by atoms with Crippen molar-refractivity contribution >= 4 is 17.9 Å². The fourth-order valence-electron chi connectivity index (χ4n) is 3.61. The molecule has 154 valence electrons. The van der Waals surface area contributed by atoms with E-state index in [4.69, 9.17) is 4.74 Å². The van der Waals surface area contributed by atoms with Crippen LogP contribution >= 0.6 is 0 Å². The molecule has 2 aromatic rings. The van der Waals surface area contributed by atoms with Crippen molar-refractivity contribution in [3.63, 3.8) is 0 Å². The second kappa shape index (κ2) is 7.26. The molecule has 2 heterocycles. The van der Waals surface area contributed by atoms with Crippen molar-refractivity contribution < 1.29 is 19.0 Å². The van der Waals surface area contributed by atoms with Crippen molar-refractivity contribution in [1.82, 2.24) is 9.97 Å². The maximum atomic E-state index is 14.7. The number of aliphatic hydroxyl groups excluding tert-OH is 1. The second-order valence-corrected chi connectivity index (χ2v) is 8.16. The number of nitrogens with zero attached hydrogens (tertiary/aromatic N) is 3. The normalized spacial score (nSPS) is 22.2. The molecule has 1 aliphatic carbocycles. The van der Waals surface area contributed by atoms with Crippen LogP contribution in [0.4, 0.5) is 21.0 Å². The van der Waals surface area contributed by atoms with Gasteiger partial charge in [0.1, 0.15) is 24.3 Å². The number of aliphatic hydroxyl groups is 1. The molecule has 0 spiro atoms. The van der Waals surface area contributed by atoms with Gasteiger partial charge in [-0.2, -0.15) is 4.98 Å². The third-order valence-corrected chi connectivity index (χ3v) is 5.86. The first-order valence-electron chi connectivity index (χ1n) is 9.82. The lowest BCUT2D eigenvalue weighted by molar-refractivity contribution is 0.142. The number of rotatable bonds is 6. The lowest BCUT2D eigenvalue weighted by Crippen LogP contribution is -2.41. The first-order chi connectivity index (χ1) is 13.8. The zero-order chi connectivity index (χ0) is 20.8. The molecule has 3 atom stereocenters. The Balaban J connectivity index is 1.53. The predicted octanol–water partition coefficient (Wildman–Crippen LogP) is 3.55. The lowest BCUT2D eigenvalue weighted by atomic mass is 9.95. The minimum Gasteiger partial charge on any atom is -0.447 e. The minimum atomic E-state index is -0.771. The highest BCUT2D eigenvalue weighted by atomic mass is 19.1. The highest BCUT2D eigenvalue weighted by molar-refractivity contribution is 5.89. The van der Waals surface area contributed by atoms with E-state index in [1.54, 1.807) is 25.1 Å². The maximum Gasteiger partial charge on any atom is 0.416 e. The molecule has 2 aliphatic rings. The minimum absolute atomic E-state index is 0.0934. The summed E-state index contributed by atoms with van der Waals surface area (Å²) in [7, 11) is 0. The van der Waals surface area contributed by atoms with Gasteiger partial charge >= 0.3 is 6.09 Å². The Kier molecular flexibility index (Phi) is 4.90. The molecule has 8 heteroatoms. The number of halogens is 1. The largest absolute Gasteiger partial charge is 0.447 e. The Morgan fingerprint density at radius 3 is 2.76 bits per heavy atom. The second-order valence-electron chi connectivity index (χ2n) is 8.16. The van der Waals surface area contributed by atoms with Gasteiger partial charge in [0.2, 0.25) is 5.95 Å². The molecule has 1 aromatic heterocycles. The molecule has 1 saturated heterocycles. The average molecular weight is 400 g/mol. The predicted molar refractivity (Wildman–Crippen MR) is 106 cm³/mol. The summed E-state index contributed by atoms with van der Waals surface area (Å²) in [5.41, 5.74) is 1.66. The molecule has 2 N–H and O–H groups in total. The van der Waals surface area contributed by atoms with Crippen LogP contribution in [0.1, 0.15) is 50.8 Å². The summed E-state index contributed by atoms with van der Waals surface area (Å²) in [5.74, 6) is 0.321. The van der Waals surface area contributed by atoms with Gasteiger partial charge in [0.05, 0.1) is 12.1 Å². The summed E-state index contributed by atoms with van der Waals surface area (Å²) in [5, 5.41) is 13.0. The van der Waals surface area contributed by atoms with Crippen LogP contribution in [0.2, 0.25) is 0 Å². The molecular formula is C21H25FN4O3. The quantitative estimate of drug-likeness (QED) is 0.771. The highest BCUT2D eigenvalue weighted by Gasteiger charge is 2.40. The van der Waals surface area contributed by atoms with E-state index in [1.165, 1.54) is 11.1 Å². The van der Waals surface area contributed by atoms with Crippen LogP contribution in [0.3, 0.4) is 0 Å². The van der Waals surface area contributed by atoms with Gasteiger partial charge in [-0.25, -0.2) is 14.2 Å². The molecule has 4 rings (SSSR count). The fraction of sp³-hybridized carbons (Fsp3) is 0.476. The monoisotopic (exact) mass is 400 g/mol. The van der Waals surface area contributed by atoms with Crippen LogP contribution in [0, 0.1) is 5.82 Å². The van der Waals surface area contributed by atoms with E-state index in [9.17, 15) is 14.3 Å². The first kappa shape index (κ1) is 19.6. The van der Waals surface area contributed by atoms with E-state index in [1.807, 2.05) is 13.0 Å². The summed E-state index contributed by atoms with van der Waals surface area (Å²) in [4.78, 5) is 21.9. The van der Waals surface area contributed by atoms with Gasteiger partial charge in [-0.3, -0.25) is 4.90 Å². The standard InChI is InChI=1S/C21H25FN4O3/c1-12(15-5-4-14(10-16(15)22)21(3)7-8-21)24-19-23-9-6-18(25-19)26-17(13(2)27)11-29-20(26)28/h4-6,9-10,12-13,17,27H,7-8,11H2,1-3H3,(H,23,24,25)/t12-,13+,17+/m0/s1. The third-order valence-electron chi connectivity index (χ3n) is 5.86. The summed E-state index contributed by atoms with van der Waals surface area (Å²) >= 11 is 0. The van der Waals surface area contributed by atoms with Crippen molar-refractivity contribution in [3.05, 3.63) is 47.4 Å². The highest BCUT2D eigenvalue weighted by Crippen LogP contribution is 2.47. The van der Waals surface area contributed by atoms with E-state index in [0.29, 0.717) is 11.4 Å². The number of carbonyl (C=O) groups is 1. The topological polar surface area (TPSA) is 87.6 Å².